The summed E-state index contributed by atoms with van der Waals surface area (Å²) in [6.07, 6.45) is 1.98. The van der Waals surface area contributed by atoms with E-state index in [1.165, 1.54) is 22.1 Å². The zero-order valence-electron chi connectivity index (χ0n) is 16.9. The molecule has 2 amide bonds. The summed E-state index contributed by atoms with van der Waals surface area (Å²) in [7, 11) is -3.03. The van der Waals surface area contributed by atoms with E-state index in [1.54, 1.807) is 14.0 Å². The molecule has 168 valence electrons. The van der Waals surface area contributed by atoms with Crippen molar-refractivity contribution in [1.82, 2.24) is 14.7 Å². The lowest BCUT2D eigenvalue weighted by molar-refractivity contribution is -0.113. The van der Waals surface area contributed by atoms with Gasteiger partial charge in [0, 0.05) is 32.2 Å². The number of hydrogen-bond donors (Lipinski definition) is 2. The van der Waals surface area contributed by atoms with Crippen LogP contribution in [-0.2, 0) is 9.36 Å². The molecule has 10 nitrogen and oxygen atoms in total. The molecule has 3 rings (SSSR count). The standard InChI is InChI=1S/C18H22FN4O6PS/c1-3-21(2)18(25)29-14-7-6-13(19)10-12(14)11-15-16(24)20-17(31-15)22-8-4-5-9-23(22)30(26,27)28/h6-7,10-11H,3-5,8-9H2,1-2H3,(H2,26,27,28)/b15-11-. The summed E-state index contributed by atoms with van der Waals surface area (Å²) in [5, 5.41) is 1.43. The molecule has 0 saturated carbocycles. The molecule has 1 saturated heterocycles. The minimum absolute atomic E-state index is 0.0656. The molecule has 0 atom stereocenters. The van der Waals surface area contributed by atoms with Crippen molar-refractivity contribution in [2.75, 3.05) is 26.7 Å². The van der Waals surface area contributed by atoms with Crippen LogP contribution in [0.4, 0.5) is 9.18 Å². The van der Waals surface area contributed by atoms with Gasteiger partial charge >= 0.3 is 13.8 Å². The molecule has 2 N–H and O–H groups in total. The lowest BCUT2D eigenvalue weighted by atomic mass is 10.2. The van der Waals surface area contributed by atoms with Crippen molar-refractivity contribution in [1.29, 1.82) is 0 Å². The van der Waals surface area contributed by atoms with Gasteiger partial charge in [-0.3, -0.25) is 9.80 Å². The fourth-order valence-corrected chi connectivity index (χ4v) is 4.75. The van der Waals surface area contributed by atoms with Crippen LogP contribution >= 0.6 is 19.5 Å². The SMILES string of the molecule is CCN(C)C(=O)Oc1ccc(F)cc1/C=C1\SC(N2CCCCN2P(=O)(O)O)=NC1=O. The van der Waals surface area contributed by atoms with Crippen molar-refractivity contribution < 1.29 is 33.1 Å². The maximum absolute atomic E-state index is 13.8. The molecule has 2 aliphatic rings. The van der Waals surface area contributed by atoms with Gasteiger partial charge in [0.25, 0.3) is 5.91 Å². The zero-order chi connectivity index (χ0) is 22.8. The number of amides is 2. The van der Waals surface area contributed by atoms with Crippen molar-refractivity contribution in [2.45, 2.75) is 19.8 Å². The fraction of sp³-hybridized carbons (Fsp3) is 0.389. The second-order valence-corrected chi connectivity index (χ2v) is 9.31. The molecule has 0 unspecified atom stereocenters. The highest BCUT2D eigenvalue weighted by molar-refractivity contribution is 8.18. The first-order valence-corrected chi connectivity index (χ1v) is 11.8. The first-order chi connectivity index (χ1) is 14.6. The molecule has 31 heavy (non-hydrogen) atoms. The van der Waals surface area contributed by atoms with Gasteiger partial charge in [0.1, 0.15) is 11.6 Å². The van der Waals surface area contributed by atoms with Crippen LogP contribution in [0.3, 0.4) is 0 Å². The van der Waals surface area contributed by atoms with Gasteiger partial charge in [0.05, 0.1) is 4.91 Å². The number of ether oxygens (including phenoxy) is 1. The van der Waals surface area contributed by atoms with Crippen molar-refractivity contribution in [3.63, 3.8) is 0 Å². The third kappa shape index (κ3) is 5.52. The second-order valence-electron chi connectivity index (χ2n) is 6.81. The van der Waals surface area contributed by atoms with Crippen LogP contribution < -0.4 is 4.74 Å². The Bertz CT molecular complexity index is 997. The number of carbonyl (C=O) groups is 2. The molecule has 1 aromatic carbocycles. The third-order valence-corrected chi connectivity index (χ3v) is 6.64. The molecule has 0 aliphatic carbocycles. The molecular formula is C18H22FN4O6PS. The Morgan fingerprint density at radius 3 is 2.77 bits per heavy atom. The van der Waals surface area contributed by atoms with E-state index in [2.05, 4.69) is 4.99 Å². The number of hydrogen-bond acceptors (Lipinski definition) is 6. The average molecular weight is 472 g/mol. The fourth-order valence-electron chi connectivity index (χ4n) is 2.89. The zero-order valence-corrected chi connectivity index (χ0v) is 18.6. The van der Waals surface area contributed by atoms with Crippen LogP contribution in [0.5, 0.6) is 5.75 Å². The van der Waals surface area contributed by atoms with Gasteiger partial charge in [-0.25, -0.2) is 13.8 Å². The van der Waals surface area contributed by atoms with Crippen molar-refractivity contribution in [3.05, 3.63) is 34.5 Å². The predicted octanol–water partition coefficient (Wildman–Crippen LogP) is 2.65. The number of amidine groups is 1. The van der Waals surface area contributed by atoms with Gasteiger partial charge in [-0.1, -0.05) is 0 Å². The van der Waals surface area contributed by atoms with E-state index in [1.807, 2.05) is 0 Å². The van der Waals surface area contributed by atoms with Gasteiger partial charge in [-0.05, 0) is 55.8 Å². The summed E-state index contributed by atoms with van der Waals surface area (Å²) in [5.41, 5.74) is 0.163. The molecule has 0 radical (unpaired) electrons. The van der Waals surface area contributed by atoms with E-state index in [-0.39, 0.29) is 27.9 Å². The van der Waals surface area contributed by atoms with Gasteiger partial charge in [-0.15, -0.1) is 4.78 Å². The largest absolute Gasteiger partial charge is 0.420 e. The Kier molecular flexibility index (Phi) is 7.17. The van der Waals surface area contributed by atoms with Crippen LogP contribution in [-0.4, -0.2) is 68.3 Å². The third-order valence-electron chi connectivity index (χ3n) is 4.63. The Labute approximate surface area is 182 Å². The van der Waals surface area contributed by atoms with Gasteiger partial charge in [0.15, 0.2) is 5.17 Å². The highest BCUT2D eigenvalue weighted by atomic mass is 32.2. The molecule has 0 spiro atoms. The summed E-state index contributed by atoms with van der Waals surface area (Å²) in [6, 6.07) is 3.54. The van der Waals surface area contributed by atoms with Crippen LogP contribution in [0.1, 0.15) is 25.3 Å². The Morgan fingerprint density at radius 2 is 2.10 bits per heavy atom. The number of carbonyl (C=O) groups excluding carboxylic acids is 2. The van der Waals surface area contributed by atoms with E-state index in [0.29, 0.717) is 25.9 Å². The summed E-state index contributed by atoms with van der Waals surface area (Å²) in [6.45, 7) is 2.60. The van der Waals surface area contributed by atoms with Gasteiger partial charge in [0.2, 0.25) is 0 Å². The normalized spacial score (nSPS) is 19.0. The predicted molar refractivity (Wildman–Crippen MR) is 113 cm³/mol. The summed E-state index contributed by atoms with van der Waals surface area (Å²) >= 11 is 0.913. The van der Waals surface area contributed by atoms with Gasteiger partial charge in [-0.2, -0.15) is 4.99 Å². The maximum Gasteiger partial charge on any atom is 0.420 e. The lowest BCUT2D eigenvalue weighted by Gasteiger charge is -2.38. The number of thioether (sulfide) groups is 1. The van der Waals surface area contributed by atoms with E-state index in [9.17, 15) is 28.3 Å². The molecule has 13 heteroatoms. The number of rotatable bonds is 4. The maximum atomic E-state index is 13.8. The van der Waals surface area contributed by atoms with Crippen LogP contribution in [0, 0.1) is 5.82 Å². The van der Waals surface area contributed by atoms with E-state index < -0.39 is 25.6 Å². The molecule has 2 aliphatic heterocycles. The number of halogens is 1. The minimum Gasteiger partial charge on any atom is -0.410 e. The second kappa shape index (κ2) is 9.49. The van der Waals surface area contributed by atoms with Crippen LogP contribution in [0.2, 0.25) is 0 Å². The van der Waals surface area contributed by atoms with Gasteiger partial charge < -0.3 is 19.4 Å². The smallest absolute Gasteiger partial charge is 0.410 e. The van der Waals surface area contributed by atoms with Crippen molar-refractivity contribution in [2.24, 2.45) is 4.99 Å². The summed E-state index contributed by atoms with van der Waals surface area (Å²) in [4.78, 5) is 49.0. The Hall–Kier alpha value is -2.24. The first-order valence-electron chi connectivity index (χ1n) is 9.46. The van der Waals surface area contributed by atoms with E-state index in [0.717, 1.165) is 28.7 Å². The quantitative estimate of drug-likeness (QED) is 0.503. The monoisotopic (exact) mass is 472 g/mol. The number of hydrazine groups is 1. The Morgan fingerprint density at radius 1 is 1.39 bits per heavy atom. The van der Waals surface area contributed by atoms with Crippen molar-refractivity contribution >= 4 is 42.8 Å². The first kappa shape index (κ1) is 23.4. The Balaban J connectivity index is 1.86. The minimum atomic E-state index is -4.58. The molecule has 1 fully saturated rings. The van der Waals surface area contributed by atoms with Crippen LogP contribution in [0.25, 0.3) is 6.08 Å². The highest BCUT2D eigenvalue weighted by Crippen LogP contribution is 2.45. The lowest BCUT2D eigenvalue weighted by Crippen LogP contribution is -2.47. The van der Waals surface area contributed by atoms with E-state index >= 15 is 0 Å². The molecule has 2 heterocycles. The molecule has 0 bridgehead atoms. The molecule has 0 aromatic heterocycles. The summed E-state index contributed by atoms with van der Waals surface area (Å²) < 4.78 is 31.8. The topological polar surface area (TPSA) is 123 Å². The number of aliphatic imine (C=N–C) groups is 1. The average Bonchev–Trinajstić information content (AvgIpc) is 3.09. The number of nitrogens with zero attached hydrogens (tertiary/aromatic N) is 4. The van der Waals surface area contributed by atoms with Crippen molar-refractivity contribution in [3.8, 4) is 5.75 Å². The van der Waals surface area contributed by atoms with E-state index in [4.69, 9.17) is 4.74 Å². The summed E-state index contributed by atoms with van der Waals surface area (Å²) in [5.74, 6) is -1.16. The molecular weight excluding hydrogens is 450 g/mol. The number of benzene rings is 1. The highest BCUT2D eigenvalue weighted by Gasteiger charge is 2.38. The molecule has 1 aromatic rings. The van der Waals surface area contributed by atoms with Crippen LogP contribution in [0.15, 0.2) is 28.1 Å².